The number of aromatic nitrogens is 2. The number of rotatable bonds is 4. The zero-order chi connectivity index (χ0) is 14.7. The fourth-order valence-corrected chi connectivity index (χ4v) is 3.02. The number of hydrogen-bond donors (Lipinski definition) is 0. The SMILES string of the molecule is COC(c1ccccc1)c1nc(Cl)c(I)c(C(C)C)n1. The molecule has 0 bridgehead atoms. The summed E-state index contributed by atoms with van der Waals surface area (Å²) in [4.78, 5) is 9.04. The predicted molar refractivity (Wildman–Crippen MR) is 89.1 cm³/mol. The molecule has 1 unspecified atom stereocenters. The van der Waals surface area contributed by atoms with Crippen LogP contribution in [-0.4, -0.2) is 17.1 Å². The highest BCUT2D eigenvalue weighted by atomic mass is 127. The number of hydrogen-bond acceptors (Lipinski definition) is 3. The molecule has 0 aliphatic heterocycles. The maximum Gasteiger partial charge on any atom is 0.163 e. The van der Waals surface area contributed by atoms with E-state index in [1.807, 2.05) is 30.3 Å². The van der Waals surface area contributed by atoms with Crippen molar-refractivity contribution < 1.29 is 4.74 Å². The van der Waals surface area contributed by atoms with Crippen LogP contribution < -0.4 is 0 Å². The van der Waals surface area contributed by atoms with Gasteiger partial charge >= 0.3 is 0 Å². The molecule has 5 heteroatoms. The van der Waals surface area contributed by atoms with E-state index in [0.717, 1.165) is 14.8 Å². The number of benzene rings is 1. The van der Waals surface area contributed by atoms with Crippen LogP contribution in [-0.2, 0) is 4.74 Å². The summed E-state index contributed by atoms with van der Waals surface area (Å²) < 4.78 is 6.47. The minimum Gasteiger partial charge on any atom is -0.369 e. The van der Waals surface area contributed by atoms with Crippen molar-refractivity contribution in [3.05, 3.63) is 56.1 Å². The molecule has 0 amide bonds. The van der Waals surface area contributed by atoms with Crippen LogP contribution >= 0.6 is 34.2 Å². The minimum absolute atomic E-state index is 0.287. The third-order valence-corrected chi connectivity index (χ3v) is 4.63. The van der Waals surface area contributed by atoms with Crippen molar-refractivity contribution in [3.63, 3.8) is 0 Å². The van der Waals surface area contributed by atoms with Crippen molar-refractivity contribution in [2.24, 2.45) is 0 Å². The average molecular weight is 403 g/mol. The van der Waals surface area contributed by atoms with Gasteiger partial charge in [-0.05, 0) is 34.1 Å². The third kappa shape index (κ3) is 3.30. The molecule has 0 radical (unpaired) electrons. The average Bonchev–Trinajstić information content (AvgIpc) is 2.44. The molecule has 3 nitrogen and oxygen atoms in total. The summed E-state index contributed by atoms with van der Waals surface area (Å²) in [5.41, 5.74) is 1.97. The van der Waals surface area contributed by atoms with E-state index >= 15 is 0 Å². The summed E-state index contributed by atoms with van der Waals surface area (Å²) in [5, 5.41) is 0.484. The number of methoxy groups -OCH3 is 1. The fraction of sp³-hybridized carbons (Fsp3) is 0.333. The third-order valence-electron chi connectivity index (χ3n) is 2.97. The van der Waals surface area contributed by atoms with Crippen LogP contribution in [0.3, 0.4) is 0 Å². The van der Waals surface area contributed by atoms with Crippen LogP contribution in [0, 0.1) is 3.57 Å². The largest absolute Gasteiger partial charge is 0.369 e. The van der Waals surface area contributed by atoms with Gasteiger partial charge in [-0.3, -0.25) is 0 Å². The molecule has 1 atom stereocenters. The second kappa shape index (κ2) is 6.83. The molecular formula is C15H16ClIN2O. The molecule has 106 valence electrons. The quantitative estimate of drug-likeness (QED) is 0.554. The van der Waals surface area contributed by atoms with E-state index in [1.54, 1.807) is 7.11 Å². The fourth-order valence-electron chi connectivity index (χ4n) is 1.97. The molecule has 0 saturated carbocycles. The van der Waals surface area contributed by atoms with E-state index in [1.165, 1.54) is 0 Å². The molecule has 0 fully saturated rings. The van der Waals surface area contributed by atoms with Gasteiger partial charge in [0.05, 0.1) is 9.26 Å². The molecule has 0 spiro atoms. The van der Waals surface area contributed by atoms with Gasteiger partial charge in [0, 0.05) is 7.11 Å². The maximum atomic E-state index is 6.24. The molecule has 1 aromatic heterocycles. The molecular weight excluding hydrogens is 387 g/mol. The van der Waals surface area contributed by atoms with Gasteiger partial charge in [-0.1, -0.05) is 55.8 Å². The first kappa shape index (κ1) is 15.7. The molecule has 0 aliphatic rings. The number of nitrogens with zero attached hydrogens (tertiary/aromatic N) is 2. The summed E-state index contributed by atoms with van der Waals surface area (Å²) in [6.45, 7) is 4.18. The van der Waals surface area contributed by atoms with Crippen LogP contribution in [0.25, 0.3) is 0 Å². The summed E-state index contributed by atoms with van der Waals surface area (Å²) in [6.07, 6.45) is -0.303. The van der Waals surface area contributed by atoms with Crippen LogP contribution in [0.1, 0.15) is 43.0 Å². The zero-order valence-electron chi connectivity index (χ0n) is 11.6. The maximum absolute atomic E-state index is 6.24. The van der Waals surface area contributed by atoms with E-state index < -0.39 is 0 Å². The number of halogens is 2. The lowest BCUT2D eigenvalue weighted by molar-refractivity contribution is 0.128. The Hall–Kier alpha value is -0.720. The van der Waals surface area contributed by atoms with Gasteiger partial charge in [-0.25, -0.2) is 9.97 Å². The molecule has 1 aromatic carbocycles. The summed E-state index contributed by atoms with van der Waals surface area (Å²) in [5.74, 6) is 0.891. The molecule has 0 aliphatic carbocycles. The van der Waals surface area contributed by atoms with E-state index in [2.05, 4.69) is 46.4 Å². The Labute approximate surface area is 137 Å². The molecule has 0 N–H and O–H groups in total. The highest BCUT2D eigenvalue weighted by molar-refractivity contribution is 14.1. The normalized spacial score (nSPS) is 12.7. The monoisotopic (exact) mass is 402 g/mol. The lowest BCUT2D eigenvalue weighted by Crippen LogP contribution is -2.12. The van der Waals surface area contributed by atoms with Gasteiger partial charge in [0.25, 0.3) is 0 Å². The van der Waals surface area contributed by atoms with Crippen molar-refractivity contribution in [2.45, 2.75) is 25.9 Å². The first-order valence-electron chi connectivity index (χ1n) is 6.35. The van der Waals surface area contributed by atoms with Crippen LogP contribution in [0.15, 0.2) is 30.3 Å². The van der Waals surface area contributed by atoms with Crippen molar-refractivity contribution in [1.29, 1.82) is 0 Å². The molecule has 2 aromatic rings. The van der Waals surface area contributed by atoms with Gasteiger partial charge in [0.15, 0.2) is 5.82 Å². The smallest absolute Gasteiger partial charge is 0.163 e. The Morgan fingerprint density at radius 2 is 1.80 bits per heavy atom. The van der Waals surface area contributed by atoms with Crippen molar-refractivity contribution in [3.8, 4) is 0 Å². The van der Waals surface area contributed by atoms with Gasteiger partial charge in [0.1, 0.15) is 11.3 Å². The van der Waals surface area contributed by atoms with Crippen LogP contribution in [0.5, 0.6) is 0 Å². The van der Waals surface area contributed by atoms with Crippen molar-refractivity contribution >= 4 is 34.2 Å². The highest BCUT2D eigenvalue weighted by Gasteiger charge is 2.21. The highest BCUT2D eigenvalue weighted by Crippen LogP contribution is 2.29. The first-order valence-corrected chi connectivity index (χ1v) is 7.80. The Morgan fingerprint density at radius 3 is 2.35 bits per heavy atom. The first-order chi connectivity index (χ1) is 9.54. The van der Waals surface area contributed by atoms with E-state index in [9.17, 15) is 0 Å². The van der Waals surface area contributed by atoms with Gasteiger partial charge in [-0.15, -0.1) is 0 Å². The molecule has 20 heavy (non-hydrogen) atoms. The van der Waals surface area contributed by atoms with Gasteiger partial charge < -0.3 is 4.74 Å². The van der Waals surface area contributed by atoms with E-state index in [0.29, 0.717) is 11.0 Å². The zero-order valence-corrected chi connectivity index (χ0v) is 14.5. The summed E-state index contributed by atoms with van der Waals surface area (Å²) >= 11 is 8.43. The standard InChI is InChI=1S/C15H16ClIN2O/c1-9(2)12-11(17)14(16)19-15(18-12)13(20-3)10-7-5-4-6-8-10/h4-9,13H,1-3H3. The molecule has 2 rings (SSSR count). The summed E-state index contributed by atoms with van der Waals surface area (Å²) in [7, 11) is 1.65. The molecule has 1 heterocycles. The van der Waals surface area contributed by atoms with Crippen LogP contribution in [0.2, 0.25) is 5.15 Å². The van der Waals surface area contributed by atoms with Crippen molar-refractivity contribution in [1.82, 2.24) is 9.97 Å². The molecule has 0 saturated heterocycles. The second-order valence-electron chi connectivity index (χ2n) is 4.75. The van der Waals surface area contributed by atoms with Crippen molar-refractivity contribution in [2.75, 3.05) is 7.11 Å². The lowest BCUT2D eigenvalue weighted by Gasteiger charge is -2.17. The van der Waals surface area contributed by atoms with Gasteiger partial charge in [-0.2, -0.15) is 0 Å². The van der Waals surface area contributed by atoms with Gasteiger partial charge in [0.2, 0.25) is 0 Å². The minimum atomic E-state index is -0.303. The van der Waals surface area contributed by atoms with E-state index in [-0.39, 0.29) is 12.0 Å². The van der Waals surface area contributed by atoms with E-state index in [4.69, 9.17) is 16.3 Å². The van der Waals surface area contributed by atoms with Crippen LogP contribution in [0.4, 0.5) is 0 Å². The lowest BCUT2D eigenvalue weighted by atomic mass is 10.1. The Morgan fingerprint density at radius 1 is 1.15 bits per heavy atom. The number of ether oxygens (including phenoxy) is 1. The topological polar surface area (TPSA) is 35.0 Å². The Kier molecular flexibility index (Phi) is 5.35. The Bertz CT molecular complexity index is 590. The summed E-state index contributed by atoms with van der Waals surface area (Å²) in [6, 6.07) is 9.91. The Balaban J connectivity index is 2.51. The second-order valence-corrected chi connectivity index (χ2v) is 6.19. The predicted octanol–water partition coefficient (Wildman–Crippen LogP) is 4.59.